The van der Waals surface area contributed by atoms with E-state index in [2.05, 4.69) is 50.4 Å². The fraction of sp³-hybridized carbons (Fsp3) is 0.588. The summed E-state index contributed by atoms with van der Waals surface area (Å²) in [7, 11) is 0. The smallest absolute Gasteiger partial charge is 0.320 e. The first-order valence-corrected chi connectivity index (χ1v) is 7.51. The van der Waals surface area contributed by atoms with E-state index >= 15 is 0 Å². The molecule has 2 rings (SSSR count). The average Bonchev–Trinajstić information content (AvgIpc) is 2.30. The maximum Gasteiger partial charge on any atom is 0.320 e. The van der Waals surface area contributed by atoms with Gasteiger partial charge < -0.3 is 10.4 Å². The van der Waals surface area contributed by atoms with Crippen LogP contribution in [0.15, 0.2) is 24.3 Å². The Morgan fingerprint density at radius 2 is 2.10 bits per heavy atom. The molecule has 1 aliphatic rings. The summed E-state index contributed by atoms with van der Waals surface area (Å²) in [6.07, 6.45) is 2.79. The van der Waals surface area contributed by atoms with Crippen LogP contribution in [0.4, 0.5) is 0 Å². The van der Waals surface area contributed by atoms with Gasteiger partial charge in [-0.2, -0.15) is 0 Å². The Kier molecular flexibility index (Phi) is 4.81. The zero-order valence-electron chi connectivity index (χ0n) is 12.6. The van der Waals surface area contributed by atoms with Gasteiger partial charge in [-0.3, -0.25) is 4.79 Å². The van der Waals surface area contributed by atoms with Gasteiger partial charge in [-0.1, -0.05) is 43.7 Å². The van der Waals surface area contributed by atoms with Gasteiger partial charge >= 0.3 is 5.97 Å². The molecule has 0 amide bonds. The third-order valence-corrected chi connectivity index (χ3v) is 4.09. The molecule has 0 radical (unpaired) electrons. The summed E-state index contributed by atoms with van der Waals surface area (Å²) in [6, 6.07) is 8.57. The molecule has 1 aromatic carbocycles. The first kappa shape index (κ1) is 15.0. The minimum absolute atomic E-state index is 0.348. The average molecular weight is 275 g/mol. The fourth-order valence-electron chi connectivity index (χ4n) is 2.95. The summed E-state index contributed by atoms with van der Waals surface area (Å²) in [4.78, 5) is 11.2. The fourth-order valence-corrected chi connectivity index (χ4v) is 2.95. The first-order valence-electron chi connectivity index (χ1n) is 7.51. The van der Waals surface area contributed by atoms with Crippen molar-refractivity contribution in [3.05, 3.63) is 35.4 Å². The molecule has 1 saturated carbocycles. The van der Waals surface area contributed by atoms with Crippen LogP contribution < -0.4 is 5.32 Å². The summed E-state index contributed by atoms with van der Waals surface area (Å²) in [5.41, 5.74) is 2.68. The molecule has 2 N–H and O–H groups in total. The van der Waals surface area contributed by atoms with Gasteiger partial charge in [0.2, 0.25) is 0 Å². The lowest BCUT2D eigenvalue weighted by atomic mass is 9.75. The van der Waals surface area contributed by atoms with E-state index in [0.717, 1.165) is 12.8 Å². The molecule has 20 heavy (non-hydrogen) atoms. The number of rotatable bonds is 6. The summed E-state index contributed by atoms with van der Waals surface area (Å²) in [5.74, 6) is 0.259. The molecule has 1 aliphatic carbocycles. The third kappa shape index (κ3) is 3.83. The molecule has 0 heterocycles. The van der Waals surface area contributed by atoms with Crippen LogP contribution in [-0.2, 0) is 4.79 Å². The number of hydrogen-bond acceptors (Lipinski definition) is 2. The minimum atomic E-state index is -0.724. The van der Waals surface area contributed by atoms with Crippen LogP contribution >= 0.6 is 0 Å². The van der Waals surface area contributed by atoms with E-state index < -0.39 is 12.0 Å². The van der Waals surface area contributed by atoms with Crippen LogP contribution in [0.1, 0.15) is 50.2 Å². The van der Waals surface area contributed by atoms with Gasteiger partial charge in [0.1, 0.15) is 6.04 Å². The molecule has 0 aromatic heterocycles. The molecular formula is C17H25NO2. The molecule has 0 bridgehead atoms. The maximum atomic E-state index is 11.2. The van der Waals surface area contributed by atoms with Gasteiger partial charge in [0.15, 0.2) is 0 Å². The number of benzene rings is 1. The summed E-state index contributed by atoms with van der Waals surface area (Å²) < 4.78 is 0. The Morgan fingerprint density at radius 3 is 2.65 bits per heavy atom. The molecule has 0 aliphatic heterocycles. The monoisotopic (exact) mass is 275 g/mol. The number of aryl methyl sites for hydroxylation is 1. The topological polar surface area (TPSA) is 49.3 Å². The van der Waals surface area contributed by atoms with Crippen LogP contribution in [-0.4, -0.2) is 23.2 Å². The van der Waals surface area contributed by atoms with Gasteiger partial charge in [-0.25, -0.2) is 0 Å². The van der Waals surface area contributed by atoms with Gasteiger partial charge in [-0.05, 0) is 43.6 Å². The van der Waals surface area contributed by atoms with Crippen molar-refractivity contribution in [2.45, 2.75) is 58.0 Å². The van der Waals surface area contributed by atoms with Gasteiger partial charge in [0.05, 0.1) is 0 Å². The summed E-state index contributed by atoms with van der Waals surface area (Å²) in [5, 5.41) is 12.5. The van der Waals surface area contributed by atoms with Crippen molar-refractivity contribution in [3.8, 4) is 0 Å². The molecule has 1 aromatic rings. The van der Waals surface area contributed by atoms with E-state index in [4.69, 9.17) is 0 Å². The predicted octanol–water partition coefficient (Wildman–Crippen LogP) is 3.33. The highest BCUT2D eigenvalue weighted by molar-refractivity contribution is 5.73. The number of carbonyl (C=O) groups is 1. The van der Waals surface area contributed by atoms with E-state index in [-0.39, 0.29) is 0 Å². The van der Waals surface area contributed by atoms with Crippen LogP contribution in [0.5, 0.6) is 0 Å². The molecule has 1 unspecified atom stereocenters. The SMILES string of the molecule is Cc1cccc(C2CC(NC(CC(C)C)C(=O)O)C2)c1. The largest absolute Gasteiger partial charge is 0.480 e. The Morgan fingerprint density at radius 1 is 1.40 bits per heavy atom. The lowest BCUT2D eigenvalue weighted by molar-refractivity contribution is -0.140. The van der Waals surface area contributed by atoms with E-state index in [0.29, 0.717) is 24.3 Å². The Hall–Kier alpha value is -1.35. The second kappa shape index (κ2) is 6.40. The summed E-state index contributed by atoms with van der Waals surface area (Å²) in [6.45, 7) is 6.24. The number of aliphatic carboxylic acids is 1. The van der Waals surface area contributed by atoms with Crippen LogP contribution in [0.2, 0.25) is 0 Å². The normalized spacial score (nSPS) is 23.4. The highest BCUT2D eigenvalue weighted by atomic mass is 16.4. The van der Waals surface area contributed by atoms with E-state index in [1.807, 2.05) is 0 Å². The Labute approximate surface area is 121 Å². The van der Waals surface area contributed by atoms with Gasteiger partial charge in [0.25, 0.3) is 0 Å². The first-order chi connectivity index (χ1) is 9.45. The quantitative estimate of drug-likeness (QED) is 0.837. The van der Waals surface area contributed by atoms with Crippen molar-refractivity contribution in [2.24, 2.45) is 5.92 Å². The minimum Gasteiger partial charge on any atom is -0.480 e. The number of nitrogens with one attached hydrogen (secondary N) is 1. The molecular weight excluding hydrogens is 250 g/mol. The molecule has 3 nitrogen and oxygen atoms in total. The Bertz CT molecular complexity index is 464. The molecule has 0 saturated heterocycles. The molecule has 1 fully saturated rings. The zero-order chi connectivity index (χ0) is 14.7. The highest BCUT2D eigenvalue weighted by Gasteiger charge is 2.33. The van der Waals surface area contributed by atoms with Crippen molar-refractivity contribution < 1.29 is 9.90 Å². The molecule has 3 heteroatoms. The van der Waals surface area contributed by atoms with Crippen molar-refractivity contribution in [1.29, 1.82) is 0 Å². The number of carboxylic acids is 1. The highest BCUT2D eigenvalue weighted by Crippen LogP contribution is 2.37. The molecule has 110 valence electrons. The standard InChI is InChI=1S/C17H25NO2/c1-11(2)7-16(17(19)20)18-15-9-14(10-15)13-6-4-5-12(3)8-13/h4-6,8,11,14-16,18H,7,9-10H2,1-3H3,(H,19,20). The van der Waals surface area contributed by atoms with Gasteiger partial charge in [0, 0.05) is 6.04 Å². The predicted molar refractivity (Wildman–Crippen MR) is 81.0 cm³/mol. The Balaban J connectivity index is 1.85. The zero-order valence-corrected chi connectivity index (χ0v) is 12.6. The lowest BCUT2D eigenvalue weighted by Crippen LogP contribution is -2.49. The lowest BCUT2D eigenvalue weighted by Gasteiger charge is -2.38. The van der Waals surface area contributed by atoms with Gasteiger partial charge in [-0.15, -0.1) is 0 Å². The van der Waals surface area contributed by atoms with E-state index in [9.17, 15) is 9.90 Å². The van der Waals surface area contributed by atoms with Crippen LogP contribution in [0.25, 0.3) is 0 Å². The number of carboxylic acid groups (broad SMARTS) is 1. The second-order valence-electron chi connectivity index (χ2n) is 6.47. The third-order valence-electron chi connectivity index (χ3n) is 4.09. The second-order valence-corrected chi connectivity index (χ2v) is 6.47. The van der Waals surface area contributed by atoms with E-state index in [1.165, 1.54) is 11.1 Å². The van der Waals surface area contributed by atoms with E-state index in [1.54, 1.807) is 0 Å². The van der Waals surface area contributed by atoms with Crippen molar-refractivity contribution in [2.75, 3.05) is 0 Å². The van der Waals surface area contributed by atoms with Crippen LogP contribution in [0, 0.1) is 12.8 Å². The summed E-state index contributed by atoms with van der Waals surface area (Å²) >= 11 is 0. The molecule has 1 atom stereocenters. The van der Waals surface area contributed by atoms with Crippen molar-refractivity contribution in [3.63, 3.8) is 0 Å². The molecule has 0 spiro atoms. The van der Waals surface area contributed by atoms with Crippen LogP contribution in [0.3, 0.4) is 0 Å². The number of hydrogen-bond donors (Lipinski definition) is 2. The van der Waals surface area contributed by atoms with Crippen molar-refractivity contribution in [1.82, 2.24) is 5.32 Å². The van der Waals surface area contributed by atoms with Crippen molar-refractivity contribution >= 4 is 5.97 Å². The maximum absolute atomic E-state index is 11.2.